The number of aromatic nitrogens is 1. The number of carbonyl (C=O) groups excluding carboxylic acids is 3. The van der Waals surface area contributed by atoms with Crippen LogP contribution in [0.4, 0.5) is 0 Å². The molecule has 12 nitrogen and oxygen atoms in total. The molecule has 2 N–H and O–H groups in total. The van der Waals surface area contributed by atoms with Crippen molar-refractivity contribution < 1.29 is 42.0 Å². The molecule has 38 heavy (non-hydrogen) atoms. The quantitative estimate of drug-likeness (QED) is 0.295. The van der Waals surface area contributed by atoms with E-state index in [4.69, 9.17) is 23.0 Å². The fourth-order valence-electron chi connectivity index (χ4n) is 3.53. The van der Waals surface area contributed by atoms with E-state index in [0.29, 0.717) is 17.9 Å². The molecule has 2 aromatic rings. The Labute approximate surface area is 221 Å². The van der Waals surface area contributed by atoms with E-state index in [-0.39, 0.29) is 32.8 Å². The Morgan fingerprint density at radius 1 is 1.21 bits per heavy atom. The summed E-state index contributed by atoms with van der Waals surface area (Å²) in [6.07, 6.45) is -0.716. The molecule has 1 amide bonds. The summed E-state index contributed by atoms with van der Waals surface area (Å²) in [5.41, 5.74) is 0.668. The summed E-state index contributed by atoms with van der Waals surface area (Å²) < 4.78 is 39.5. The maximum absolute atomic E-state index is 13.2. The number of benzene rings is 1. The SMILES string of the molecule is Cc1cc(COC(=O)CCNC(=O)[C@@H]2OP(=O)(NC(C)C(=O)OCCc3ccccc3)OCC2(C)C)no1. The van der Waals surface area contributed by atoms with Crippen molar-refractivity contribution >= 4 is 25.6 Å². The lowest BCUT2D eigenvalue weighted by Crippen LogP contribution is -2.51. The van der Waals surface area contributed by atoms with Crippen molar-refractivity contribution in [3.05, 3.63) is 53.4 Å². The summed E-state index contributed by atoms with van der Waals surface area (Å²) in [6.45, 7) is 6.66. The van der Waals surface area contributed by atoms with Gasteiger partial charge < -0.3 is 19.3 Å². The smallest absolute Gasteiger partial charge is 0.407 e. The number of hydrogen-bond acceptors (Lipinski definition) is 10. The van der Waals surface area contributed by atoms with Gasteiger partial charge in [0.15, 0.2) is 6.10 Å². The average molecular weight is 552 g/mol. The zero-order chi connectivity index (χ0) is 27.8. The van der Waals surface area contributed by atoms with Gasteiger partial charge >= 0.3 is 19.7 Å². The van der Waals surface area contributed by atoms with Gasteiger partial charge in [0.2, 0.25) is 5.91 Å². The van der Waals surface area contributed by atoms with Gasteiger partial charge in [-0.25, -0.2) is 9.65 Å². The number of aryl methyl sites for hydroxylation is 1. The third-order valence-electron chi connectivity index (χ3n) is 5.67. The number of esters is 2. The van der Waals surface area contributed by atoms with Gasteiger partial charge in [0.05, 0.1) is 19.6 Å². The van der Waals surface area contributed by atoms with Gasteiger partial charge in [-0.05, 0) is 19.4 Å². The van der Waals surface area contributed by atoms with Crippen LogP contribution in [-0.4, -0.2) is 54.9 Å². The van der Waals surface area contributed by atoms with Gasteiger partial charge in [0.25, 0.3) is 0 Å². The number of ether oxygens (including phenoxy) is 2. The topological polar surface area (TPSA) is 155 Å². The average Bonchev–Trinajstić information content (AvgIpc) is 3.30. The molecule has 208 valence electrons. The van der Waals surface area contributed by atoms with Crippen molar-refractivity contribution in [1.82, 2.24) is 15.6 Å². The zero-order valence-electron chi connectivity index (χ0n) is 21.9. The van der Waals surface area contributed by atoms with Gasteiger partial charge in [-0.1, -0.05) is 49.3 Å². The van der Waals surface area contributed by atoms with Crippen LogP contribution in [0.2, 0.25) is 0 Å². The highest BCUT2D eigenvalue weighted by Crippen LogP contribution is 2.53. The lowest BCUT2D eigenvalue weighted by molar-refractivity contribution is -0.146. The maximum atomic E-state index is 13.2. The molecule has 2 unspecified atom stereocenters. The van der Waals surface area contributed by atoms with Crippen LogP contribution in [0.3, 0.4) is 0 Å². The van der Waals surface area contributed by atoms with E-state index in [0.717, 1.165) is 5.56 Å². The molecule has 1 aromatic heterocycles. The van der Waals surface area contributed by atoms with Crippen LogP contribution in [0, 0.1) is 12.3 Å². The van der Waals surface area contributed by atoms with E-state index >= 15 is 0 Å². The monoisotopic (exact) mass is 551 g/mol. The van der Waals surface area contributed by atoms with E-state index in [1.54, 1.807) is 26.8 Å². The molecule has 3 rings (SSSR count). The predicted octanol–water partition coefficient (Wildman–Crippen LogP) is 2.85. The molecule has 2 heterocycles. The Morgan fingerprint density at radius 3 is 2.63 bits per heavy atom. The molecule has 0 radical (unpaired) electrons. The lowest BCUT2D eigenvalue weighted by atomic mass is 9.87. The molecule has 1 saturated heterocycles. The van der Waals surface area contributed by atoms with Crippen LogP contribution < -0.4 is 10.4 Å². The van der Waals surface area contributed by atoms with Gasteiger partial charge in [-0.3, -0.25) is 23.4 Å². The predicted molar refractivity (Wildman–Crippen MR) is 135 cm³/mol. The van der Waals surface area contributed by atoms with Crippen LogP contribution in [0.1, 0.15) is 44.2 Å². The molecule has 0 saturated carbocycles. The first-order chi connectivity index (χ1) is 18.0. The molecule has 1 aliphatic rings. The van der Waals surface area contributed by atoms with E-state index in [1.165, 1.54) is 6.92 Å². The van der Waals surface area contributed by atoms with E-state index in [9.17, 15) is 18.9 Å². The van der Waals surface area contributed by atoms with Gasteiger partial charge in [-0.15, -0.1) is 0 Å². The minimum absolute atomic E-state index is 0.0197. The van der Waals surface area contributed by atoms with Gasteiger partial charge in [0, 0.05) is 24.4 Å². The minimum Gasteiger partial charge on any atom is -0.464 e. The van der Waals surface area contributed by atoms with Crippen LogP contribution in [0.25, 0.3) is 0 Å². The Bertz CT molecular complexity index is 1150. The van der Waals surface area contributed by atoms with Gasteiger partial charge in [0.1, 0.15) is 24.1 Å². The molecule has 0 aliphatic carbocycles. The van der Waals surface area contributed by atoms with E-state index in [1.807, 2.05) is 30.3 Å². The molecule has 1 aromatic carbocycles. The van der Waals surface area contributed by atoms with Crippen molar-refractivity contribution in [1.29, 1.82) is 0 Å². The second kappa shape index (κ2) is 13.1. The summed E-state index contributed by atoms with van der Waals surface area (Å²) >= 11 is 0. The van der Waals surface area contributed by atoms with E-state index < -0.39 is 43.2 Å². The van der Waals surface area contributed by atoms with Crippen molar-refractivity contribution in [2.75, 3.05) is 19.8 Å². The summed E-state index contributed by atoms with van der Waals surface area (Å²) in [4.78, 5) is 37.2. The minimum atomic E-state index is -4.02. The highest BCUT2D eigenvalue weighted by molar-refractivity contribution is 7.51. The largest absolute Gasteiger partial charge is 0.464 e. The Balaban J connectivity index is 1.45. The van der Waals surface area contributed by atoms with Crippen molar-refractivity contribution in [2.45, 2.75) is 59.3 Å². The second-order valence-corrected chi connectivity index (χ2v) is 11.4. The summed E-state index contributed by atoms with van der Waals surface area (Å²) in [6, 6.07) is 10.2. The number of nitrogens with zero attached hydrogens (tertiary/aromatic N) is 1. The van der Waals surface area contributed by atoms with Crippen LogP contribution in [0.15, 0.2) is 40.9 Å². The number of hydrogen-bond donors (Lipinski definition) is 2. The maximum Gasteiger partial charge on any atom is 0.407 e. The molecule has 1 aliphatic heterocycles. The first-order valence-electron chi connectivity index (χ1n) is 12.2. The molecule has 0 spiro atoms. The van der Waals surface area contributed by atoms with Crippen LogP contribution in [0.5, 0.6) is 0 Å². The van der Waals surface area contributed by atoms with Crippen molar-refractivity contribution in [3.8, 4) is 0 Å². The summed E-state index contributed by atoms with van der Waals surface area (Å²) in [7, 11) is -4.02. The highest BCUT2D eigenvalue weighted by Gasteiger charge is 2.49. The third-order valence-corrected chi connectivity index (χ3v) is 7.33. The van der Waals surface area contributed by atoms with Crippen LogP contribution >= 0.6 is 7.75 Å². The molecular weight excluding hydrogens is 517 g/mol. The highest BCUT2D eigenvalue weighted by atomic mass is 31.2. The van der Waals surface area contributed by atoms with Crippen molar-refractivity contribution in [3.63, 3.8) is 0 Å². The fourth-order valence-corrected chi connectivity index (χ4v) is 5.47. The number of rotatable bonds is 12. The Hall–Kier alpha value is -3.05. The standard InChI is InChI=1S/C25H34N3O9P/c1-17-14-20(27-36-17)15-34-21(29)10-12-26-23(30)22-25(3,4)16-35-38(32,37-22)28-18(2)24(31)33-13-11-19-8-6-5-7-9-19/h5-9,14,18,22H,10-13,15-16H2,1-4H3,(H,26,30)(H,28,32)/t18?,22-,38?/m0/s1. The Kier molecular flexibility index (Phi) is 10.2. The first-order valence-corrected chi connectivity index (χ1v) is 13.8. The third kappa shape index (κ3) is 8.76. The Morgan fingerprint density at radius 2 is 1.95 bits per heavy atom. The molecular formula is C25H34N3O9P. The van der Waals surface area contributed by atoms with E-state index in [2.05, 4.69) is 15.6 Å². The summed E-state index contributed by atoms with van der Waals surface area (Å²) in [5.74, 6) is -1.14. The normalized spacial score (nSPS) is 21.3. The van der Waals surface area contributed by atoms with Crippen LogP contribution in [-0.2, 0) is 50.5 Å². The molecule has 3 atom stereocenters. The molecule has 0 bridgehead atoms. The number of carbonyl (C=O) groups is 3. The van der Waals surface area contributed by atoms with Gasteiger partial charge in [-0.2, -0.15) is 0 Å². The second-order valence-electron chi connectivity index (χ2n) is 9.63. The molecule has 13 heteroatoms. The lowest BCUT2D eigenvalue weighted by Gasteiger charge is -2.40. The fraction of sp³-hybridized carbons (Fsp3) is 0.520. The van der Waals surface area contributed by atoms with Crippen molar-refractivity contribution in [2.24, 2.45) is 5.41 Å². The summed E-state index contributed by atoms with van der Waals surface area (Å²) in [5, 5.41) is 8.88. The first kappa shape index (κ1) is 29.5. The number of nitrogens with one attached hydrogen (secondary N) is 2. The number of amides is 1. The molecule has 1 fully saturated rings. The zero-order valence-corrected chi connectivity index (χ0v) is 22.8.